The fraction of sp³-hybridized carbons (Fsp3) is 0.400. The first-order chi connectivity index (χ1) is 5.81. The largest absolute Gasteiger partial charge is 0.373 e. The molecular weight excluding hydrogens is 263 g/mol. The maximum atomic E-state index is 5.56. The lowest BCUT2D eigenvalue weighted by molar-refractivity contribution is 0.0462. The third kappa shape index (κ3) is 1.38. The summed E-state index contributed by atoms with van der Waals surface area (Å²) >= 11 is 2.34. The van der Waals surface area contributed by atoms with Gasteiger partial charge in [-0.3, -0.25) is 0 Å². The van der Waals surface area contributed by atoms with Gasteiger partial charge < -0.3 is 4.74 Å². The van der Waals surface area contributed by atoms with Crippen LogP contribution in [0.5, 0.6) is 0 Å². The fourth-order valence-electron chi connectivity index (χ4n) is 1.58. The number of halogens is 1. The number of fused-ring (bicyclic) bond motifs is 1. The van der Waals surface area contributed by atoms with E-state index in [9.17, 15) is 0 Å². The van der Waals surface area contributed by atoms with Crippen molar-refractivity contribution in [3.8, 4) is 0 Å². The van der Waals surface area contributed by atoms with Crippen molar-refractivity contribution in [2.24, 2.45) is 0 Å². The summed E-state index contributed by atoms with van der Waals surface area (Å²) in [5.41, 5.74) is 2.85. The Balaban J connectivity index is 2.22. The number of hydrogen-bond acceptors (Lipinski definition) is 1. The van der Waals surface area contributed by atoms with E-state index < -0.39 is 0 Å². The molecule has 1 unspecified atom stereocenters. The predicted molar refractivity (Wildman–Crippen MR) is 57.2 cm³/mol. The SMILES string of the molecule is CCOC1Cc2ccc(I)cc21. The van der Waals surface area contributed by atoms with Gasteiger partial charge in [-0.2, -0.15) is 0 Å². The van der Waals surface area contributed by atoms with Gasteiger partial charge in [0.05, 0.1) is 6.10 Å². The first kappa shape index (κ1) is 8.51. The van der Waals surface area contributed by atoms with Gasteiger partial charge in [0.25, 0.3) is 0 Å². The minimum absolute atomic E-state index is 0.375. The van der Waals surface area contributed by atoms with Crippen molar-refractivity contribution in [2.45, 2.75) is 19.4 Å². The van der Waals surface area contributed by atoms with E-state index in [4.69, 9.17) is 4.74 Å². The van der Waals surface area contributed by atoms with Crippen LogP contribution >= 0.6 is 22.6 Å². The highest BCUT2D eigenvalue weighted by Crippen LogP contribution is 2.36. The molecule has 2 heteroatoms. The molecule has 0 spiro atoms. The molecule has 64 valence electrons. The summed E-state index contributed by atoms with van der Waals surface area (Å²) < 4.78 is 6.86. The quantitative estimate of drug-likeness (QED) is 0.753. The van der Waals surface area contributed by atoms with Gasteiger partial charge in [-0.15, -0.1) is 0 Å². The molecule has 0 amide bonds. The van der Waals surface area contributed by atoms with Crippen LogP contribution in [0.25, 0.3) is 0 Å². The van der Waals surface area contributed by atoms with Crippen LogP contribution in [-0.4, -0.2) is 6.61 Å². The Morgan fingerprint density at radius 2 is 2.42 bits per heavy atom. The Labute approximate surface area is 86.3 Å². The van der Waals surface area contributed by atoms with Crippen LogP contribution in [0.1, 0.15) is 24.2 Å². The van der Waals surface area contributed by atoms with Crippen LogP contribution < -0.4 is 0 Å². The summed E-state index contributed by atoms with van der Waals surface area (Å²) in [6.07, 6.45) is 1.47. The molecule has 2 rings (SSSR count). The van der Waals surface area contributed by atoms with Crippen LogP contribution in [0.2, 0.25) is 0 Å². The van der Waals surface area contributed by atoms with E-state index in [1.165, 1.54) is 14.7 Å². The van der Waals surface area contributed by atoms with Crippen molar-refractivity contribution in [2.75, 3.05) is 6.61 Å². The lowest BCUT2D eigenvalue weighted by Gasteiger charge is -2.29. The minimum atomic E-state index is 0.375. The first-order valence-electron chi connectivity index (χ1n) is 4.21. The number of rotatable bonds is 2. The van der Waals surface area contributed by atoms with E-state index in [0.717, 1.165) is 13.0 Å². The van der Waals surface area contributed by atoms with Gasteiger partial charge >= 0.3 is 0 Å². The minimum Gasteiger partial charge on any atom is -0.373 e. The molecule has 1 aromatic rings. The number of ether oxygens (including phenoxy) is 1. The molecule has 12 heavy (non-hydrogen) atoms. The Bertz CT molecular complexity index is 296. The smallest absolute Gasteiger partial charge is 0.0868 e. The molecule has 1 nitrogen and oxygen atoms in total. The van der Waals surface area contributed by atoms with Gasteiger partial charge in [-0.1, -0.05) is 6.07 Å². The van der Waals surface area contributed by atoms with Gasteiger partial charge in [-0.05, 0) is 52.8 Å². The van der Waals surface area contributed by atoms with Crippen LogP contribution in [0.15, 0.2) is 18.2 Å². The summed E-state index contributed by atoms with van der Waals surface area (Å²) in [6, 6.07) is 6.58. The highest BCUT2D eigenvalue weighted by Gasteiger charge is 2.25. The van der Waals surface area contributed by atoms with Gasteiger partial charge in [0.2, 0.25) is 0 Å². The highest BCUT2D eigenvalue weighted by molar-refractivity contribution is 14.1. The maximum Gasteiger partial charge on any atom is 0.0868 e. The summed E-state index contributed by atoms with van der Waals surface area (Å²) in [5, 5.41) is 0. The Hall–Kier alpha value is -0.0900. The summed E-state index contributed by atoms with van der Waals surface area (Å²) in [5.74, 6) is 0. The van der Waals surface area contributed by atoms with E-state index in [0.29, 0.717) is 6.10 Å². The highest BCUT2D eigenvalue weighted by atomic mass is 127. The van der Waals surface area contributed by atoms with Crippen molar-refractivity contribution in [3.63, 3.8) is 0 Å². The third-order valence-corrected chi connectivity index (χ3v) is 2.90. The number of benzene rings is 1. The molecule has 0 saturated carbocycles. The second-order valence-corrected chi connectivity index (χ2v) is 4.24. The monoisotopic (exact) mass is 274 g/mol. The molecular formula is C10H11IO. The lowest BCUT2D eigenvalue weighted by Crippen LogP contribution is -2.19. The Morgan fingerprint density at radius 1 is 1.58 bits per heavy atom. The predicted octanol–water partition coefficient (Wildman–Crippen LogP) is 2.92. The second-order valence-electron chi connectivity index (χ2n) is 2.99. The van der Waals surface area contributed by atoms with Crippen molar-refractivity contribution in [3.05, 3.63) is 32.9 Å². The van der Waals surface area contributed by atoms with Crippen molar-refractivity contribution < 1.29 is 4.74 Å². The molecule has 1 aliphatic rings. The van der Waals surface area contributed by atoms with Crippen LogP contribution in [0, 0.1) is 3.57 Å². The molecule has 0 radical (unpaired) electrons. The average Bonchev–Trinajstić information content (AvgIpc) is 2.05. The van der Waals surface area contributed by atoms with Crippen molar-refractivity contribution in [1.29, 1.82) is 0 Å². The van der Waals surface area contributed by atoms with E-state index in [1.807, 2.05) is 6.92 Å². The van der Waals surface area contributed by atoms with Gasteiger partial charge in [0.15, 0.2) is 0 Å². The van der Waals surface area contributed by atoms with Crippen LogP contribution in [-0.2, 0) is 11.2 Å². The van der Waals surface area contributed by atoms with Crippen LogP contribution in [0.4, 0.5) is 0 Å². The van der Waals surface area contributed by atoms with Crippen LogP contribution in [0.3, 0.4) is 0 Å². The van der Waals surface area contributed by atoms with E-state index >= 15 is 0 Å². The normalized spacial score (nSPS) is 20.0. The van der Waals surface area contributed by atoms with E-state index in [2.05, 4.69) is 40.8 Å². The molecule has 1 aliphatic carbocycles. The molecule has 0 saturated heterocycles. The zero-order valence-corrected chi connectivity index (χ0v) is 9.17. The first-order valence-corrected chi connectivity index (χ1v) is 5.29. The Morgan fingerprint density at radius 3 is 3.17 bits per heavy atom. The molecule has 1 aromatic carbocycles. The molecule has 0 aliphatic heterocycles. The van der Waals surface area contributed by atoms with Gasteiger partial charge in [0, 0.05) is 16.6 Å². The zero-order chi connectivity index (χ0) is 8.55. The summed E-state index contributed by atoms with van der Waals surface area (Å²) in [7, 11) is 0. The fourth-order valence-corrected chi connectivity index (χ4v) is 2.10. The third-order valence-electron chi connectivity index (χ3n) is 2.23. The summed E-state index contributed by atoms with van der Waals surface area (Å²) in [6.45, 7) is 2.86. The zero-order valence-electron chi connectivity index (χ0n) is 7.01. The topological polar surface area (TPSA) is 9.23 Å². The summed E-state index contributed by atoms with van der Waals surface area (Å²) in [4.78, 5) is 0. The van der Waals surface area contributed by atoms with E-state index in [-0.39, 0.29) is 0 Å². The average molecular weight is 274 g/mol. The second kappa shape index (κ2) is 3.34. The lowest BCUT2D eigenvalue weighted by atomic mass is 9.85. The molecule has 1 atom stereocenters. The standard InChI is InChI=1S/C10H11IO/c1-2-12-10-5-7-3-4-8(11)6-9(7)10/h3-4,6,10H,2,5H2,1H3. The molecule has 0 bridgehead atoms. The van der Waals surface area contributed by atoms with Gasteiger partial charge in [0.1, 0.15) is 0 Å². The Kier molecular flexibility index (Phi) is 2.37. The molecule has 0 N–H and O–H groups in total. The molecule has 0 fully saturated rings. The van der Waals surface area contributed by atoms with Crippen molar-refractivity contribution in [1.82, 2.24) is 0 Å². The maximum absolute atomic E-state index is 5.56. The number of hydrogen-bond donors (Lipinski definition) is 0. The molecule has 0 heterocycles. The van der Waals surface area contributed by atoms with Gasteiger partial charge in [-0.25, -0.2) is 0 Å². The van der Waals surface area contributed by atoms with Crippen molar-refractivity contribution >= 4 is 22.6 Å². The molecule has 0 aromatic heterocycles. The van der Waals surface area contributed by atoms with E-state index in [1.54, 1.807) is 0 Å².